The number of rotatable bonds is 6. The van der Waals surface area contributed by atoms with Gasteiger partial charge in [0.1, 0.15) is 24.0 Å². The van der Waals surface area contributed by atoms with Crippen molar-refractivity contribution in [1.82, 2.24) is 19.3 Å². The maximum absolute atomic E-state index is 13.5. The number of aromatic nitrogens is 4. The SMILES string of the molecule is CCn1nc(-c2ccc(F)cc2OC)cc1NC(=O)OCc1ccc2c(c1)ncn2C. The predicted molar refractivity (Wildman–Crippen MR) is 114 cm³/mol. The first-order valence-corrected chi connectivity index (χ1v) is 9.74. The summed E-state index contributed by atoms with van der Waals surface area (Å²) in [5.74, 6) is 0.426. The van der Waals surface area contributed by atoms with Gasteiger partial charge >= 0.3 is 6.09 Å². The molecule has 160 valence electrons. The Kier molecular flexibility index (Phi) is 5.57. The molecule has 0 spiro atoms. The van der Waals surface area contributed by atoms with E-state index in [9.17, 15) is 9.18 Å². The van der Waals surface area contributed by atoms with Gasteiger partial charge in [0.25, 0.3) is 0 Å². The number of aryl methyl sites for hydroxylation is 2. The lowest BCUT2D eigenvalue weighted by atomic mass is 10.1. The third kappa shape index (κ3) is 4.20. The minimum atomic E-state index is -0.603. The second-order valence-corrected chi connectivity index (χ2v) is 6.95. The van der Waals surface area contributed by atoms with Crippen molar-refractivity contribution in [2.45, 2.75) is 20.1 Å². The van der Waals surface area contributed by atoms with Crippen molar-refractivity contribution in [2.24, 2.45) is 7.05 Å². The first-order valence-electron chi connectivity index (χ1n) is 9.74. The molecule has 31 heavy (non-hydrogen) atoms. The Hall–Kier alpha value is -3.88. The van der Waals surface area contributed by atoms with Crippen LogP contribution in [0.1, 0.15) is 12.5 Å². The van der Waals surface area contributed by atoms with Crippen LogP contribution in [0, 0.1) is 5.82 Å². The Morgan fingerprint density at radius 3 is 2.81 bits per heavy atom. The van der Waals surface area contributed by atoms with E-state index in [0.29, 0.717) is 29.4 Å². The number of nitrogens with zero attached hydrogens (tertiary/aromatic N) is 4. The van der Waals surface area contributed by atoms with Crippen molar-refractivity contribution in [3.8, 4) is 17.0 Å². The highest BCUT2D eigenvalue weighted by atomic mass is 19.1. The zero-order chi connectivity index (χ0) is 22.0. The number of hydrogen-bond acceptors (Lipinski definition) is 5. The Balaban J connectivity index is 1.47. The van der Waals surface area contributed by atoms with E-state index < -0.39 is 11.9 Å². The molecule has 8 nitrogen and oxygen atoms in total. The summed E-state index contributed by atoms with van der Waals surface area (Å²) in [6.45, 7) is 2.53. The Labute approximate surface area is 178 Å². The smallest absolute Gasteiger partial charge is 0.413 e. The fourth-order valence-electron chi connectivity index (χ4n) is 3.33. The lowest BCUT2D eigenvalue weighted by molar-refractivity contribution is 0.155. The van der Waals surface area contributed by atoms with E-state index in [1.165, 1.54) is 19.2 Å². The average molecular weight is 423 g/mol. The van der Waals surface area contributed by atoms with Crippen LogP contribution in [0.3, 0.4) is 0 Å². The predicted octanol–water partition coefficient (Wildman–Crippen LogP) is 4.35. The molecule has 0 aliphatic rings. The van der Waals surface area contributed by atoms with E-state index in [2.05, 4.69) is 15.4 Å². The largest absolute Gasteiger partial charge is 0.496 e. The van der Waals surface area contributed by atoms with Gasteiger partial charge in [-0.1, -0.05) is 6.07 Å². The summed E-state index contributed by atoms with van der Waals surface area (Å²) in [4.78, 5) is 16.7. The highest BCUT2D eigenvalue weighted by molar-refractivity contribution is 5.85. The van der Waals surface area contributed by atoms with Crippen molar-refractivity contribution in [1.29, 1.82) is 0 Å². The van der Waals surface area contributed by atoms with Crippen LogP contribution in [0.5, 0.6) is 5.75 Å². The first-order chi connectivity index (χ1) is 15.0. The van der Waals surface area contributed by atoms with Gasteiger partial charge in [0.05, 0.1) is 30.2 Å². The molecule has 4 rings (SSSR count). The molecular weight excluding hydrogens is 401 g/mol. The maximum atomic E-state index is 13.5. The van der Waals surface area contributed by atoms with E-state index >= 15 is 0 Å². The highest BCUT2D eigenvalue weighted by Gasteiger charge is 2.16. The zero-order valence-electron chi connectivity index (χ0n) is 17.4. The number of hydrogen-bond donors (Lipinski definition) is 1. The number of carbonyl (C=O) groups excluding carboxylic acids is 1. The number of halogens is 1. The summed E-state index contributed by atoms with van der Waals surface area (Å²) >= 11 is 0. The number of benzene rings is 2. The molecule has 2 aromatic heterocycles. The summed E-state index contributed by atoms with van der Waals surface area (Å²) in [7, 11) is 3.39. The summed E-state index contributed by atoms with van der Waals surface area (Å²) in [6, 6.07) is 11.6. The summed E-state index contributed by atoms with van der Waals surface area (Å²) in [5.41, 5.74) is 3.85. The second kappa shape index (κ2) is 8.47. The van der Waals surface area contributed by atoms with E-state index in [1.54, 1.807) is 23.1 Å². The van der Waals surface area contributed by atoms with Crippen LogP contribution in [0.4, 0.5) is 15.0 Å². The lowest BCUT2D eigenvalue weighted by Gasteiger charge is -2.08. The monoisotopic (exact) mass is 423 g/mol. The topological polar surface area (TPSA) is 83.2 Å². The van der Waals surface area contributed by atoms with Gasteiger partial charge in [-0.2, -0.15) is 5.10 Å². The molecule has 0 atom stereocenters. The van der Waals surface area contributed by atoms with Crippen molar-refractivity contribution in [3.05, 3.63) is 60.2 Å². The van der Waals surface area contributed by atoms with E-state index in [0.717, 1.165) is 16.6 Å². The number of nitrogens with one attached hydrogen (secondary N) is 1. The molecule has 0 aliphatic heterocycles. The van der Waals surface area contributed by atoms with Gasteiger partial charge in [-0.25, -0.2) is 18.9 Å². The van der Waals surface area contributed by atoms with Crippen LogP contribution >= 0.6 is 0 Å². The van der Waals surface area contributed by atoms with E-state index in [-0.39, 0.29) is 6.61 Å². The molecule has 0 fully saturated rings. The standard InChI is InChI=1S/C22H22FN5O3/c1-4-28-21(11-17(26-28)16-7-6-15(23)10-20(16)30-3)25-22(29)31-12-14-5-8-19-18(9-14)24-13-27(19)2/h5-11,13H,4,12H2,1-3H3,(H,25,29). The van der Waals surface area contributed by atoms with Gasteiger partial charge < -0.3 is 14.0 Å². The maximum Gasteiger partial charge on any atom is 0.413 e. The number of anilines is 1. The average Bonchev–Trinajstić information content (AvgIpc) is 3.35. The second-order valence-electron chi connectivity index (χ2n) is 6.95. The molecule has 0 saturated carbocycles. The molecule has 0 bridgehead atoms. The third-order valence-corrected chi connectivity index (χ3v) is 4.91. The van der Waals surface area contributed by atoms with E-state index in [1.807, 2.05) is 36.7 Å². The van der Waals surface area contributed by atoms with Gasteiger partial charge in [0.2, 0.25) is 0 Å². The van der Waals surface area contributed by atoms with Gasteiger partial charge in [-0.05, 0) is 36.8 Å². The number of amides is 1. The minimum Gasteiger partial charge on any atom is -0.496 e. The Morgan fingerprint density at radius 2 is 2.03 bits per heavy atom. The van der Waals surface area contributed by atoms with Crippen molar-refractivity contribution >= 4 is 22.9 Å². The molecule has 1 amide bonds. The van der Waals surface area contributed by atoms with Crippen LogP contribution in [0.2, 0.25) is 0 Å². The fourth-order valence-corrected chi connectivity index (χ4v) is 3.33. The number of carbonyl (C=O) groups is 1. The quantitative estimate of drug-likeness (QED) is 0.498. The molecule has 0 radical (unpaired) electrons. The van der Waals surface area contributed by atoms with Crippen LogP contribution in [0.25, 0.3) is 22.3 Å². The number of ether oxygens (including phenoxy) is 2. The molecule has 0 aliphatic carbocycles. The fraction of sp³-hybridized carbons (Fsp3) is 0.227. The minimum absolute atomic E-state index is 0.108. The van der Waals surface area contributed by atoms with Gasteiger partial charge in [0, 0.05) is 31.3 Å². The van der Waals surface area contributed by atoms with Gasteiger partial charge in [-0.3, -0.25) is 5.32 Å². The molecule has 2 heterocycles. The molecule has 4 aromatic rings. The number of imidazole rings is 1. The van der Waals surface area contributed by atoms with Crippen LogP contribution in [0.15, 0.2) is 48.8 Å². The highest BCUT2D eigenvalue weighted by Crippen LogP contribution is 2.31. The molecule has 0 unspecified atom stereocenters. The van der Waals surface area contributed by atoms with Crippen LogP contribution in [-0.4, -0.2) is 32.5 Å². The normalized spacial score (nSPS) is 11.0. The van der Waals surface area contributed by atoms with Gasteiger partial charge in [0.15, 0.2) is 0 Å². The number of fused-ring (bicyclic) bond motifs is 1. The molecule has 1 N–H and O–H groups in total. The molecule has 2 aromatic carbocycles. The summed E-state index contributed by atoms with van der Waals surface area (Å²) in [6.07, 6.45) is 1.13. The molecule has 9 heteroatoms. The molecular formula is C22H22FN5O3. The van der Waals surface area contributed by atoms with Crippen LogP contribution in [-0.2, 0) is 24.9 Å². The first kappa shape index (κ1) is 20.4. The lowest BCUT2D eigenvalue weighted by Crippen LogP contribution is -2.16. The van der Waals surface area contributed by atoms with Crippen molar-refractivity contribution < 1.29 is 18.7 Å². The van der Waals surface area contributed by atoms with Crippen molar-refractivity contribution in [3.63, 3.8) is 0 Å². The third-order valence-electron chi connectivity index (χ3n) is 4.91. The number of methoxy groups -OCH3 is 1. The zero-order valence-corrected chi connectivity index (χ0v) is 17.4. The van der Waals surface area contributed by atoms with E-state index in [4.69, 9.17) is 9.47 Å². The Bertz CT molecular complexity index is 1250. The summed E-state index contributed by atoms with van der Waals surface area (Å²) in [5, 5.41) is 7.20. The molecule has 0 saturated heterocycles. The van der Waals surface area contributed by atoms with Crippen LogP contribution < -0.4 is 10.1 Å². The summed E-state index contributed by atoms with van der Waals surface area (Å²) < 4.78 is 27.7. The van der Waals surface area contributed by atoms with Crippen molar-refractivity contribution in [2.75, 3.05) is 12.4 Å². The van der Waals surface area contributed by atoms with Gasteiger partial charge in [-0.15, -0.1) is 0 Å². The Morgan fingerprint density at radius 1 is 1.19 bits per heavy atom.